The van der Waals surface area contributed by atoms with Crippen molar-refractivity contribution in [2.24, 2.45) is 5.92 Å². The fraction of sp³-hybridized carbons (Fsp3) is 1.00. The summed E-state index contributed by atoms with van der Waals surface area (Å²) in [6.07, 6.45) is 22.7. The molecule has 2 fully saturated rings. The zero-order valence-electron chi connectivity index (χ0n) is 12.7. The molecule has 2 heteroatoms. The molecule has 0 amide bonds. The second-order valence-electron chi connectivity index (χ2n) is 6.84. The minimum atomic E-state index is -0.176. The van der Waals surface area contributed by atoms with Crippen molar-refractivity contribution >= 4 is 21.3 Å². The predicted molar refractivity (Wildman–Crippen MR) is 90.9 cm³/mol. The molecule has 0 aromatic rings. The van der Waals surface area contributed by atoms with Crippen molar-refractivity contribution in [3.63, 3.8) is 0 Å². The van der Waals surface area contributed by atoms with Crippen molar-refractivity contribution in [1.82, 2.24) is 0 Å². The van der Waals surface area contributed by atoms with E-state index in [9.17, 15) is 0 Å². The Balaban J connectivity index is 1.94. The Morgan fingerprint density at radius 2 is 1.05 bits per heavy atom. The molecule has 0 aromatic carbocycles. The van der Waals surface area contributed by atoms with Crippen LogP contribution >= 0.6 is 6.17 Å². The molecule has 1 aliphatic heterocycles. The molecule has 1 heterocycles. The Labute approximate surface area is 129 Å². The van der Waals surface area contributed by atoms with Gasteiger partial charge in [-0.15, -0.1) is 0 Å². The first-order valence-electron chi connectivity index (χ1n) is 8.90. The Morgan fingerprint density at radius 1 is 0.579 bits per heavy atom. The van der Waals surface area contributed by atoms with Crippen LogP contribution in [-0.2, 0) is 0 Å². The zero-order valence-corrected chi connectivity index (χ0v) is 15.4. The third-order valence-electron chi connectivity index (χ3n) is 5.32. The van der Waals surface area contributed by atoms with Crippen molar-refractivity contribution < 1.29 is 0 Å². The van der Waals surface area contributed by atoms with Crippen LogP contribution in [0.3, 0.4) is 0 Å². The molecule has 2 atom stereocenters. The third kappa shape index (κ3) is 6.07. The molecular weight excluding hydrogens is 314 g/mol. The van der Waals surface area contributed by atoms with Gasteiger partial charge in [0.05, 0.1) is 0 Å². The predicted octanol–water partition coefficient (Wildman–Crippen LogP) is 5.76. The molecule has 0 N–H and O–H groups in total. The van der Waals surface area contributed by atoms with E-state index in [-0.39, 0.29) is 6.17 Å². The summed E-state index contributed by atoms with van der Waals surface area (Å²) in [5.74, 6) is 1.09. The maximum absolute atomic E-state index is 3.68. The van der Waals surface area contributed by atoms with Crippen LogP contribution < -0.4 is 0 Å². The van der Waals surface area contributed by atoms with E-state index in [1.54, 1.807) is 25.4 Å². The Morgan fingerprint density at radius 3 is 1.68 bits per heavy atom. The van der Waals surface area contributed by atoms with Crippen LogP contribution in [0.2, 0.25) is 0 Å². The van der Waals surface area contributed by atoms with E-state index >= 15 is 0 Å². The quantitative estimate of drug-likeness (QED) is 0.418. The van der Waals surface area contributed by atoms with Gasteiger partial charge in [0.25, 0.3) is 0 Å². The summed E-state index contributed by atoms with van der Waals surface area (Å²) in [7, 11) is 0. The second-order valence-corrected chi connectivity index (χ2v) is 12.3. The molecular formula is C17H33PSe. The number of hydrogen-bond acceptors (Lipinski definition) is 0. The fourth-order valence-electron chi connectivity index (χ4n) is 4.11. The van der Waals surface area contributed by atoms with E-state index in [4.69, 9.17) is 0 Å². The maximum atomic E-state index is 3.68. The molecule has 0 aromatic heterocycles. The van der Waals surface area contributed by atoms with Gasteiger partial charge in [-0.3, -0.25) is 0 Å². The van der Waals surface area contributed by atoms with E-state index in [0.29, 0.717) is 0 Å². The van der Waals surface area contributed by atoms with Gasteiger partial charge < -0.3 is 0 Å². The van der Waals surface area contributed by atoms with Crippen LogP contribution in [0.15, 0.2) is 0 Å². The van der Waals surface area contributed by atoms with Gasteiger partial charge in [0.2, 0.25) is 0 Å². The first kappa shape index (κ1) is 16.3. The van der Waals surface area contributed by atoms with E-state index in [2.05, 4.69) is 15.1 Å². The molecule has 1 saturated carbocycles. The topological polar surface area (TPSA) is 0 Å². The Bertz CT molecular complexity index is 254. The average Bonchev–Trinajstić information content (AvgIpc) is 2.60. The van der Waals surface area contributed by atoms with Gasteiger partial charge in [0.15, 0.2) is 0 Å². The van der Waals surface area contributed by atoms with Crippen molar-refractivity contribution in [3.05, 3.63) is 0 Å². The van der Waals surface area contributed by atoms with E-state index < -0.39 is 0 Å². The van der Waals surface area contributed by atoms with Gasteiger partial charge in [0, 0.05) is 0 Å². The summed E-state index contributed by atoms with van der Waals surface area (Å²) in [6, 6.07) is 0. The van der Waals surface area contributed by atoms with Gasteiger partial charge in [-0.1, -0.05) is 0 Å². The van der Waals surface area contributed by atoms with Crippen LogP contribution in [0.1, 0.15) is 89.9 Å². The normalized spacial score (nSPS) is 33.3. The summed E-state index contributed by atoms with van der Waals surface area (Å²) in [5.41, 5.74) is 1.11. The fourth-order valence-corrected chi connectivity index (χ4v) is 9.32. The van der Waals surface area contributed by atoms with Gasteiger partial charge in [-0.05, 0) is 0 Å². The molecule has 2 rings (SSSR count). The van der Waals surface area contributed by atoms with Gasteiger partial charge in [-0.2, -0.15) is 0 Å². The molecule has 0 spiro atoms. The van der Waals surface area contributed by atoms with Crippen molar-refractivity contribution in [1.29, 1.82) is 0 Å². The molecule has 1 saturated heterocycles. The van der Waals surface area contributed by atoms with Gasteiger partial charge >= 0.3 is 129 Å². The SMILES string of the molecule is [Se]=[PH]1CCCCCCCC1C1CCCCCCCC1. The summed E-state index contributed by atoms with van der Waals surface area (Å²) in [6.45, 7) is 0. The Hall–Kier alpha value is 0.949. The molecule has 0 bridgehead atoms. The zero-order chi connectivity index (χ0) is 13.3. The summed E-state index contributed by atoms with van der Waals surface area (Å²) < 4.78 is 0. The van der Waals surface area contributed by atoms with Crippen LogP contribution in [0.5, 0.6) is 0 Å². The van der Waals surface area contributed by atoms with Crippen LogP contribution in [0.25, 0.3) is 0 Å². The molecule has 1 aliphatic carbocycles. The average molecular weight is 347 g/mol. The number of rotatable bonds is 1. The summed E-state index contributed by atoms with van der Waals surface area (Å²) >= 11 is 3.68. The van der Waals surface area contributed by atoms with E-state index in [0.717, 1.165) is 11.6 Å². The van der Waals surface area contributed by atoms with Gasteiger partial charge in [-0.25, -0.2) is 0 Å². The molecule has 19 heavy (non-hydrogen) atoms. The van der Waals surface area contributed by atoms with Crippen LogP contribution in [0, 0.1) is 5.92 Å². The standard InChI is InChI=1S/C17H33PSe/c19-18-15-11-7-3-6-10-14-17(18)16-12-8-4-1-2-5-9-13-16/h16-18H,1-15H2. The molecule has 2 aliphatic rings. The first-order chi connectivity index (χ1) is 9.38. The summed E-state index contributed by atoms with van der Waals surface area (Å²) in [4.78, 5) is 0. The van der Waals surface area contributed by atoms with Crippen molar-refractivity contribution in [2.45, 2.75) is 95.6 Å². The van der Waals surface area contributed by atoms with Crippen molar-refractivity contribution in [2.75, 3.05) is 6.16 Å². The molecule has 2 unspecified atom stereocenters. The van der Waals surface area contributed by atoms with Crippen molar-refractivity contribution in [3.8, 4) is 0 Å². The van der Waals surface area contributed by atoms with Crippen LogP contribution in [-0.4, -0.2) is 26.9 Å². The monoisotopic (exact) mass is 348 g/mol. The second kappa shape index (κ2) is 9.81. The third-order valence-corrected chi connectivity index (χ3v) is 10.9. The van der Waals surface area contributed by atoms with E-state index in [1.807, 2.05) is 0 Å². The summed E-state index contributed by atoms with van der Waals surface area (Å²) in [5, 5.41) is 0. The Kier molecular flexibility index (Phi) is 8.43. The molecule has 112 valence electrons. The molecule has 0 nitrogen and oxygen atoms in total. The molecule has 0 radical (unpaired) electrons. The minimum absolute atomic E-state index is 0.176. The van der Waals surface area contributed by atoms with Crippen LogP contribution in [0.4, 0.5) is 0 Å². The van der Waals surface area contributed by atoms with Gasteiger partial charge in [0.1, 0.15) is 0 Å². The first-order valence-corrected chi connectivity index (χ1v) is 13.2. The van der Waals surface area contributed by atoms with E-state index in [1.165, 1.54) is 70.6 Å². The number of hydrogen-bond donors (Lipinski definition) is 0.